The van der Waals surface area contributed by atoms with Crippen LogP contribution < -0.4 is 0 Å². The first-order chi connectivity index (χ1) is 7.27. The second-order valence-electron chi connectivity index (χ2n) is 3.83. The van der Waals surface area contributed by atoms with Crippen LogP contribution in [0.5, 0.6) is 0 Å². The summed E-state index contributed by atoms with van der Waals surface area (Å²) in [7, 11) is 0. The molecule has 1 aliphatic rings. The average molecular weight is 225 g/mol. The van der Waals surface area contributed by atoms with Crippen molar-refractivity contribution in [2.24, 2.45) is 0 Å². The molecule has 1 fully saturated rings. The molecule has 2 nitrogen and oxygen atoms in total. The molecule has 15 heavy (non-hydrogen) atoms. The third kappa shape index (κ3) is 2.39. The Labute approximate surface area is 94.2 Å². The van der Waals surface area contributed by atoms with Gasteiger partial charge in [-0.05, 0) is 18.4 Å². The summed E-state index contributed by atoms with van der Waals surface area (Å²) in [5, 5.41) is 0. The molecule has 1 aliphatic carbocycles. The van der Waals surface area contributed by atoms with E-state index < -0.39 is 5.60 Å². The number of Topliss-reactive ketones (excluding diaryl/α,β-unsaturated/α-hetero) is 1. The number of alkyl halides is 1. The number of hydrogen-bond donors (Lipinski definition) is 0. The van der Waals surface area contributed by atoms with Crippen molar-refractivity contribution in [3.8, 4) is 0 Å². The van der Waals surface area contributed by atoms with Gasteiger partial charge in [-0.3, -0.25) is 4.79 Å². The summed E-state index contributed by atoms with van der Waals surface area (Å²) in [6.45, 7) is 0.490. The Hall–Kier alpha value is -0.860. The van der Waals surface area contributed by atoms with Gasteiger partial charge in [0.15, 0.2) is 5.78 Å². The third-order valence-corrected chi connectivity index (χ3v) is 2.93. The van der Waals surface area contributed by atoms with Crippen molar-refractivity contribution >= 4 is 17.4 Å². The van der Waals surface area contributed by atoms with Crippen molar-refractivity contribution in [1.82, 2.24) is 0 Å². The monoisotopic (exact) mass is 224 g/mol. The maximum Gasteiger partial charge on any atom is 0.179 e. The van der Waals surface area contributed by atoms with Crippen LogP contribution in [0.3, 0.4) is 0 Å². The molecule has 0 spiro atoms. The van der Waals surface area contributed by atoms with E-state index in [-0.39, 0.29) is 11.7 Å². The van der Waals surface area contributed by atoms with Gasteiger partial charge in [0, 0.05) is 0 Å². The number of ketones is 1. The van der Waals surface area contributed by atoms with Gasteiger partial charge in [-0.15, -0.1) is 11.6 Å². The highest BCUT2D eigenvalue weighted by molar-refractivity contribution is 6.29. The first kappa shape index (κ1) is 10.7. The lowest BCUT2D eigenvalue weighted by atomic mass is 10.2. The normalized spacial score (nSPS) is 17.4. The van der Waals surface area contributed by atoms with Crippen LogP contribution >= 0.6 is 11.6 Å². The van der Waals surface area contributed by atoms with E-state index in [9.17, 15) is 4.79 Å². The number of halogens is 1. The molecule has 3 heteroatoms. The molecule has 2 rings (SSSR count). The summed E-state index contributed by atoms with van der Waals surface area (Å²) in [5.41, 5.74) is 0.531. The van der Waals surface area contributed by atoms with Crippen LogP contribution in [0.15, 0.2) is 30.3 Å². The molecule has 0 N–H and O–H groups in total. The number of benzene rings is 1. The van der Waals surface area contributed by atoms with E-state index in [1.165, 1.54) is 0 Å². The lowest BCUT2D eigenvalue weighted by Crippen LogP contribution is -2.27. The summed E-state index contributed by atoms with van der Waals surface area (Å²) in [4.78, 5) is 11.5. The zero-order chi connectivity index (χ0) is 10.7. The highest BCUT2D eigenvalue weighted by atomic mass is 35.5. The van der Waals surface area contributed by atoms with Crippen LogP contribution in [0.25, 0.3) is 0 Å². The van der Waals surface area contributed by atoms with Gasteiger partial charge in [0.2, 0.25) is 0 Å². The Morgan fingerprint density at radius 3 is 2.53 bits per heavy atom. The van der Waals surface area contributed by atoms with Gasteiger partial charge in [0.05, 0.1) is 12.5 Å². The van der Waals surface area contributed by atoms with Crippen LogP contribution in [-0.4, -0.2) is 17.3 Å². The van der Waals surface area contributed by atoms with Gasteiger partial charge >= 0.3 is 0 Å². The Morgan fingerprint density at radius 1 is 1.33 bits per heavy atom. The van der Waals surface area contributed by atoms with Crippen molar-refractivity contribution in [2.45, 2.75) is 25.0 Å². The van der Waals surface area contributed by atoms with Crippen LogP contribution in [0.2, 0.25) is 0 Å². The largest absolute Gasteiger partial charge is 0.362 e. The topological polar surface area (TPSA) is 26.3 Å². The van der Waals surface area contributed by atoms with Crippen molar-refractivity contribution in [1.29, 1.82) is 0 Å². The number of hydrogen-bond acceptors (Lipinski definition) is 2. The number of ether oxygens (including phenoxy) is 1. The van der Waals surface area contributed by atoms with E-state index in [0.29, 0.717) is 6.61 Å². The van der Waals surface area contributed by atoms with Gasteiger partial charge in [-0.1, -0.05) is 30.3 Å². The first-order valence-electron chi connectivity index (χ1n) is 5.04. The zero-order valence-corrected chi connectivity index (χ0v) is 9.17. The molecule has 0 saturated heterocycles. The SMILES string of the molecule is O=C(CCl)C1(OCc2ccccc2)CC1. The Morgan fingerprint density at radius 2 is 2.00 bits per heavy atom. The van der Waals surface area contributed by atoms with Crippen LogP contribution in [0.4, 0.5) is 0 Å². The molecule has 0 aliphatic heterocycles. The minimum atomic E-state index is -0.558. The lowest BCUT2D eigenvalue weighted by Gasteiger charge is -2.13. The summed E-state index contributed by atoms with van der Waals surface area (Å²) < 4.78 is 5.65. The van der Waals surface area contributed by atoms with Crippen molar-refractivity contribution in [2.75, 3.05) is 5.88 Å². The molecule has 0 atom stereocenters. The lowest BCUT2D eigenvalue weighted by molar-refractivity contribution is -0.131. The Bertz CT molecular complexity index is 344. The average Bonchev–Trinajstić information content (AvgIpc) is 3.08. The minimum Gasteiger partial charge on any atom is -0.362 e. The fourth-order valence-electron chi connectivity index (χ4n) is 1.53. The molecule has 0 heterocycles. The fraction of sp³-hybridized carbons (Fsp3) is 0.417. The second kappa shape index (κ2) is 4.33. The summed E-state index contributed by atoms with van der Waals surface area (Å²) in [6.07, 6.45) is 1.62. The summed E-state index contributed by atoms with van der Waals surface area (Å²) in [5.74, 6) is 0.0644. The third-order valence-electron chi connectivity index (χ3n) is 2.69. The summed E-state index contributed by atoms with van der Waals surface area (Å²) in [6, 6.07) is 9.85. The smallest absolute Gasteiger partial charge is 0.179 e. The van der Waals surface area contributed by atoms with Crippen molar-refractivity contribution in [3.05, 3.63) is 35.9 Å². The molecule has 0 amide bonds. The molecular weight excluding hydrogens is 212 g/mol. The maximum absolute atomic E-state index is 11.5. The van der Waals surface area contributed by atoms with E-state index in [1.54, 1.807) is 0 Å². The van der Waals surface area contributed by atoms with E-state index in [1.807, 2.05) is 30.3 Å². The van der Waals surface area contributed by atoms with Gasteiger partial charge in [-0.25, -0.2) is 0 Å². The Kier molecular flexibility index (Phi) is 3.08. The quantitative estimate of drug-likeness (QED) is 0.719. The van der Waals surface area contributed by atoms with Gasteiger partial charge < -0.3 is 4.74 Å². The van der Waals surface area contributed by atoms with E-state index >= 15 is 0 Å². The molecule has 0 unspecified atom stereocenters. The molecule has 1 saturated carbocycles. The molecule has 1 aromatic carbocycles. The molecule has 80 valence electrons. The fourth-order valence-corrected chi connectivity index (χ4v) is 1.78. The first-order valence-corrected chi connectivity index (χ1v) is 5.57. The number of rotatable bonds is 5. The van der Waals surface area contributed by atoms with Crippen molar-refractivity contribution in [3.63, 3.8) is 0 Å². The van der Waals surface area contributed by atoms with Crippen molar-refractivity contribution < 1.29 is 9.53 Å². The van der Waals surface area contributed by atoms with E-state index in [2.05, 4.69) is 0 Å². The molecule has 0 aromatic heterocycles. The molecule has 0 radical (unpaired) electrons. The van der Waals surface area contributed by atoms with Crippen LogP contribution in [0.1, 0.15) is 18.4 Å². The zero-order valence-electron chi connectivity index (χ0n) is 8.41. The highest BCUT2D eigenvalue weighted by Gasteiger charge is 2.50. The van der Waals surface area contributed by atoms with Crippen LogP contribution in [-0.2, 0) is 16.1 Å². The highest BCUT2D eigenvalue weighted by Crippen LogP contribution is 2.41. The predicted octanol–water partition coefficient (Wildman–Crippen LogP) is 2.54. The standard InChI is InChI=1S/C12H13ClO2/c13-8-11(14)12(6-7-12)15-9-10-4-2-1-3-5-10/h1-5H,6-9H2. The maximum atomic E-state index is 11.5. The molecule has 1 aromatic rings. The van der Waals surface area contributed by atoms with Gasteiger partial charge in [-0.2, -0.15) is 0 Å². The van der Waals surface area contributed by atoms with Gasteiger partial charge in [0.1, 0.15) is 5.60 Å². The Balaban J connectivity index is 1.91. The minimum absolute atomic E-state index is 0.0140. The van der Waals surface area contributed by atoms with E-state index in [0.717, 1.165) is 18.4 Å². The van der Waals surface area contributed by atoms with Gasteiger partial charge in [0.25, 0.3) is 0 Å². The molecule has 0 bridgehead atoms. The van der Waals surface area contributed by atoms with Crippen LogP contribution in [0, 0.1) is 0 Å². The number of carbonyl (C=O) groups excluding carboxylic acids is 1. The van der Waals surface area contributed by atoms with E-state index in [4.69, 9.17) is 16.3 Å². The summed E-state index contributed by atoms with van der Waals surface area (Å²) >= 11 is 5.53. The second-order valence-corrected chi connectivity index (χ2v) is 4.09. The number of carbonyl (C=O) groups is 1. The predicted molar refractivity (Wildman–Crippen MR) is 58.9 cm³/mol. The molecular formula is C12H13ClO2.